The van der Waals surface area contributed by atoms with E-state index in [4.69, 9.17) is 0 Å². The monoisotopic (exact) mass is 294 g/mol. The van der Waals surface area contributed by atoms with Gasteiger partial charge in [-0.05, 0) is 30.2 Å². The lowest BCUT2D eigenvalue weighted by Gasteiger charge is -2.47. The van der Waals surface area contributed by atoms with Crippen LogP contribution < -0.4 is 5.32 Å². The van der Waals surface area contributed by atoms with Crippen molar-refractivity contribution in [3.05, 3.63) is 0 Å². The summed E-state index contributed by atoms with van der Waals surface area (Å²) in [6.07, 6.45) is 8.84. The molecule has 0 radical (unpaired) electrons. The molecular weight excluding hydrogens is 256 g/mol. The van der Waals surface area contributed by atoms with Gasteiger partial charge in [-0.25, -0.2) is 0 Å². The van der Waals surface area contributed by atoms with E-state index in [1.54, 1.807) is 0 Å². The first kappa shape index (κ1) is 17.3. The molecule has 0 bridgehead atoms. The average Bonchev–Trinajstić information content (AvgIpc) is 2.45. The summed E-state index contributed by atoms with van der Waals surface area (Å²) in [5, 5.41) is 3.82. The molecule has 0 amide bonds. The summed E-state index contributed by atoms with van der Waals surface area (Å²) >= 11 is 0. The third-order valence-electron chi connectivity index (χ3n) is 5.82. The fraction of sp³-hybridized carbons (Fsp3) is 1.00. The molecule has 2 nitrogen and oxygen atoms in total. The van der Waals surface area contributed by atoms with E-state index in [1.807, 2.05) is 0 Å². The van der Waals surface area contributed by atoms with Crippen LogP contribution in [0.1, 0.15) is 73.1 Å². The SMILES string of the molecule is CC(C)C1CNC(C(C)(C)C)CN1CCC1CCCCC1. The van der Waals surface area contributed by atoms with Gasteiger partial charge in [0.2, 0.25) is 0 Å². The third kappa shape index (κ3) is 4.96. The van der Waals surface area contributed by atoms with Crippen LogP contribution in [0, 0.1) is 17.3 Å². The highest BCUT2D eigenvalue weighted by Gasteiger charge is 2.35. The molecule has 2 fully saturated rings. The van der Waals surface area contributed by atoms with Gasteiger partial charge in [0, 0.05) is 25.2 Å². The number of piperazine rings is 1. The van der Waals surface area contributed by atoms with E-state index in [0.29, 0.717) is 11.5 Å². The smallest absolute Gasteiger partial charge is 0.0244 e. The minimum Gasteiger partial charge on any atom is -0.311 e. The highest BCUT2D eigenvalue weighted by Crippen LogP contribution is 2.29. The Morgan fingerprint density at radius 2 is 1.76 bits per heavy atom. The van der Waals surface area contributed by atoms with Gasteiger partial charge in [0.05, 0.1) is 0 Å². The zero-order valence-corrected chi connectivity index (χ0v) is 15.1. The molecule has 0 spiro atoms. The van der Waals surface area contributed by atoms with E-state index < -0.39 is 0 Å². The molecule has 0 aromatic rings. The Morgan fingerprint density at radius 1 is 1.10 bits per heavy atom. The average molecular weight is 295 g/mol. The highest BCUT2D eigenvalue weighted by atomic mass is 15.2. The van der Waals surface area contributed by atoms with E-state index >= 15 is 0 Å². The Morgan fingerprint density at radius 3 is 2.33 bits per heavy atom. The zero-order chi connectivity index (χ0) is 15.5. The van der Waals surface area contributed by atoms with Gasteiger partial charge in [-0.15, -0.1) is 0 Å². The summed E-state index contributed by atoms with van der Waals surface area (Å²) in [5.41, 5.74) is 0.366. The van der Waals surface area contributed by atoms with Gasteiger partial charge in [0.25, 0.3) is 0 Å². The predicted molar refractivity (Wildman–Crippen MR) is 92.6 cm³/mol. The quantitative estimate of drug-likeness (QED) is 0.831. The van der Waals surface area contributed by atoms with Crippen LogP contribution in [0.4, 0.5) is 0 Å². The maximum Gasteiger partial charge on any atom is 0.0244 e. The van der Waals surface area contributed by atoms with Crippen LogP contribution in [0.2, 0.25) is 0 Å². The lowest BCUT2D eigenvalue weighted by Crippen LogP contribution is -2.61. The first-order valence-corrected chi connectivity index (χ1v) is 9.35. The number of hydrogen-bond donors (Lipinski definition) is 1. The van der Waals surface area contributed by atoms with Crippen LogP contribution in [-0.4, -0.2) is 36.6 Å². The van der Waals surface area contributed by atoms with Gasteiger partial charge >= 0.3 is 0 Å². The Bertz CT molecular complexity index is 299. The van der Waals surface area contributed by atoms with Gasteiger partial charge in [-0.2, -0.15) is 0 Å². The van der Waals surface area contributed by atoms with Crippen molar-refractivity contribution in [1.82, 2.24) is 10.2 Å². The number of nitrogens with zero attached hydrogens (tertiary/aromatic N) is 1. The summed E-state index contributed by atoms with van der Waals surface area (Å²) in [4.78, 5) is 2.81. The van der Waals surface area contributed by atoms with Crippen LogP contribution >= 0.6 is 0 Å². The van der Waals surface area contributed by atoms with Gasteiger partial charge in [-0.3, -0.25) is 4.90 Å². The molecule has 0 aromatic heterocycles. The molecule has 21 heavy (non-hydrogen) atoms. The maximum atomic E-state index is 3.82. The normalized spacial score (nSPS) is 30.0. The second-order valence-corrected chi connectivity index (χ2v) is 8.93. The number of nitrogens with one attached hydrogen (secondary N) is 1. The largest absolute Gasteiger partial charge is 0.311 e. The lowest BCUT2D eigenvalue weighted by molar-refractivity contribution is 0.0571. The lowest BCUT2D eigenvalue weighted by atomic mass is 9.83. The van der Waals surface area contributed by atoms with Crippen molar-refractivity contribution in [1.29, 1.82) is 0 Å². The van der Waals surface area contributed by atoms with E-state index in [0.717, 1.165) is 17.9 Å². The minimum atomic E-state index is 0.366. The fourth-order valence-electron chi connectivity index (χ4n) is 4.15. The summed E-state index contributed by atoms with van der Waals surface area (Å²) in [7, 11) is 0. The van der Waals surface area contributed by atoms with Crippen molar-refractivity contribution in [2.75, 3.05) is 19.6 Å². The molecule has 1 saturated heterocycles. The molecule has 0 aromatic carbocycles. The minimum absolute atomic E-state index is 0.366. The Kier molecular flexibility index (Phi) is 6.14. The summed E-state index contributed by atoms with van der Waals surface area (Å²) in [5.74, 6) is 1.76. The topological polar surface area (TPSA) is 15.3 Å². The van der Waals surface area contributed by atoms with Gasteiger partial charge in [-0.1, -0.05) is 66.7 Å². The molecule has 124 valence electrons. The molecule has 2 heteroatoms. The molecule has 1 saturated carbocycles. The molecule has 2 aliphatic rings. The summed E-state index contributed by atoms with van der Waals surface area (Å²) in [6, 6.07) is 1.37. The molecule has 1 aliphatic heterocycles. The standard InChI is InChI=1S/C19H38N2/c1-15(2)17-13-20-18(19(3,4)5)14-21(17)12-11-16-9-7-6-8-10-16/h15-18,20H,6-14H2,1-5H3. The van der Waals surface area contributed by atoms with Crippen molar-refractivity contribution in [2.24, 2.45) is 17.3 Å². The molecule has 1 aliphatic carbocycles. The molecule has 1 heterocycles. The van der Waals surface area contributed by atoms with Crippen molar-refractivity contribution in [2.45, 2.75) is 85.2 Å². The summed E-state index contributed by atoms with van der Waals surface area (Å²) in [6.45, 7) is 15.6. The fourth-order valence-corrected chi connectivity index (χ4v) is 4.15. The van der Waals surface area contributed by atoms with Gasteiger partial charge in [0.1, 0.15) is 0 Å². The van der Waals surface area contributed by atoms with Gasteiger partial charge < -0.3 is 5.32 Å². The number of hydrogen-bond acceptors (Lipinski definition) is 2. The Hall–Kier alpha value is -0.0800. The van der Waals surface area contributed by atoms with Crippen LogP contribution in [0.15, 0.2) is 0 Å². The van der Waals surface area contributed by atoms with Crippen molar-refractivity contribution in [3.8, 4) is 0 Å². The third-order valence-corrected chi connectivity index (χ3v) is 5.82. The summed E-state index contributed by atoms with van der Waals surface area (Å²) < 4.78 is 0. The highest BCUT2D eigenvalue weighted by molar-refractivity contribution is 4.93. The molecule has 2 atom stereocenters. The molecule has 2 rings (SSSR count). The number of rotatable bonds is 4. The van der Waals surface area contributed by atoms with E-state index in [1.165, 1.54) is 58.2 Å². The Balaban J connectivity index is 1.90. The van der Waals surface area contributed by atoms with E-state index in [9.17, 15) is 0 Å². The van der Waals surface area contributed by atoms with Gasteiger partial charge in [0.15, 0.2) is 0 Å². The first-order valence-electron chi connectivity index (χ1n) is 9.35. The Labute approximate surface area is 133 Å². The molecule has 1 N–H and O–H groups in total. The van der Waals surface area contributed by atoms with E-state index in [-0.39, 0.29) is 0 Å². The second-order valence-electron chi connectivity index (χ2n) is 8.93. The van der Waals surface area contributed by atoms with Crippen LogP contribution in [0.3, 0.4) is 0 Å². The van der Waals surface area contributed by atoms with Crippen molar-refractivity contribution >= 4 is 0 Å². The second kappa shape index (κ2) is 7.46. The van der Waals surface area contributed by atoms with Crippen molar-refractivity contribution in [3.63, 3.8) is 0 Å². The van der Waals surface area contributed by atoms with Crippen LogP contribution in [0.25, 0.3) is 0 Å². The van der Waals surface area contributed by atoms with Crippen molar-refractivity contribution < 1.29 is 0 Å². The van der Waals surface area contributed by atoms with E-state index in [2.05, 4.69) is 44.8 Å². The maximum absolute atomic E-state index is 3.82. The predicted octanol–water partition coefficient (Wildman–Crippen LogP) is 4.30. The first-order chi connectivity index (χ1) is 9.88. The molecular formula is C19H38N2. The van der Waals surface area contributed by atoms with Crippen LogP contribution in [0.5, 0.6) is 0 Å². The zero-order valence-electron chi connectivity index (χ0n) is 15.1. The molecule has 2 unspecified atom stereocenters. The van der Waals surface area contributed by atoms with Crippen LogP contribution in [-0.2, 0) is 0 Å².